The van der Waals surface area contributed by atoms with Crippen molar-refractivity contribution in [2.45, 2.75) is 0 Å². The van der Waals surface area contributed by atoms with Crippen LogP contribution >= 0.6 is 23.2 Å². The second kappa shape index (κ2) is 8.28. The minimum Gasteiger partial charge on any atom is -0.495 e. The largest absolute Gasteiger partial charge is 0.495 e. The van der Waals surface area contributed by atoms with E-state index in [0.29, 0.717) is 44.6 Å². The van der Waals surface area contributed by atoms with E-state index in [9.17, 15) is 0 Å². The molecule has 0 atom stereocenters. The first kappa shape index (κ1) is 19.0. The van der Waals surface area contributed by atoms with Gasteiger partial charge in [0.25, 0.3) is 0 Å². The predicted molar refractivity (Wildman–Crippen MR) is 108 cm³/mol. The number of hydrogen-bond acceptors (Lipinski definition) is 7. The summed E-state index contributed by atoms with van der Waals surface area (Å²) in [6.07, 6.45) is 3.14. The van der Waals surface area contributed by atoms with Gasteiger partial charge in [0, 0.05) is 30.9 Å². The van der Waals surface area contributed by atoms with Gasteiger partial charge in [0.05, 0.1) is 25.6 Å². The molecule has 2 aromatic heterocycles. The van der Waals surface area contributed by atoms with Gasteiger partial charge in [-0.1, -0.05) is 23.2 Å². The topological polar surface area (TPSA) is 81.2 Å². The highest BCUT2D eigenvalue weighted by Crippen LogP contribution is 2.45. The van der Waals surface area contributed by atoms with Gasteiger partial charge in [0.15, 0.2) is 0 Å². The normalized spacial score (nSPS) is 10.4. The molecule has 0 aliphatic rings. The maximum Gasteiger partial charge on any atom is 0.143 e. The van der Waals surface area contributed by atoms with Gasteiger partial charge in [0.2, 0.25) is 0 Å². The van der Waals surface area contributed by atoms with E-state index in [4.69, 9.17) is 32.7 Å². The van der Waals surface area contributed by atoms with Crippen molar-refractivity contribution in [1.29, 1.82) is 0 Å². The second-order valence-corrected chi connectivity index (χ2v) is 6.10. The van der Waals surface area contributed by atoms with E-state index in [0.717, 1.165) is 5.56 Å². The van der Waals surface area contributed by atoms with E-state index < -0.39 is 0 Å². The Balaban J connectivity index is 2.10. The summed E-state index contributed by atoms with van der Waals surface area (Å²) in [4.78, 5) is 12.9. The molecule has 9 heteroatoms. The number of aromatic nitrogens is 3. The van der Waals surface area contributed by atoms with Crippen molar-refractivity contribution in [1.82, 2.24) is 15.0 Å². The lowest BCUT2D eigenvalue weighted by Crippen LogP contribution is -2.01. The molecule has 0 bridgehead atoms. The number of pyridine rings is 1. The molecule has 3 aromatic rings. The van der Waals surface area contributed by atoms with Crippen LogP contribution in [0.25, 0.3) is 11.3 Å². The highest BCUT2D eigenvalue weighted by molar-refractivity contribution is 6.41. The average molecular weight is 406 g/mol. The fourth-order valence-electron chi connectivity index (χ4n) is 2.47. The van der Waals surface area contributed by atoms with E-state index >= 15 is 0 Å². The molecular weight excluding hydrogens is 389 g/mol. The summed E-state index contributed by atoms with van der Waals surface area (Å²) < 4.78 is 10.6. The Labute approximate surface area is 166 Å². The lowest BCUT2D eigenvalue weighted by Gasteiger charge is -2.17. The fraction of sp³-hybridized carbons (Fsp3) is 0.167. The molecule has 0 spiro atoms. The molecule has 7 nitrogen and oxygen atoms in total. The Bertz CT molecular complexity index is 940. The van der Waals surface area contributed by atoms with Gasteiger partial charge in [-0.25, -0.2) is 15.0 Å². The lowest BCUT2D eigenvalue weighted by molar-refractivity contribution is 0.395. The third kappa shape index (κ3) is 3.84. The molecule has 0 aliphatic carbocycles. The summed E-state index contributed by atoms with van der Waals surface area (Å²) in [5.41, 5.74) is 1.87. The van der Waals surface area contributed by atoms with Crippen molar-refractivity contribution in [2.24, 2.45) is 0 Å². The van der Waals surface area contributed by atoms with Crippen LogP contribution < -0.4 is 20.1 Å². The molecule has 2 heterocycles. The third-order valence-electron chi connectivity index (χ3n) is 3.82. The third-order valence-corrected chi connectivity index (χ3v) is 4.57. The summed E-state index contributed by atoms with van der Waals surface area (Å²) in [6, 6.07) is 7.14. The Morgan fingerprint density at radius 2 is 1.67 bits per heavy atom. The molecule has 140 valence electrons. The van der Waals surface area contributed by atoms with Gasteiger partial charge in [-0.15, -0.1) is 0 Å². The number of rotatable bonds is 6. The molecule has 0 radical (unpaired) electrons. The zero-order chi connectivity index (χ0) is 19.4. The first-order valence-corrected chi connectivity index (χ1v) is 8.66. The number of nitrogens with one attached hydrogen (secondary N) is 2. The number of anilines is 3. The minimum absolute atomic E-state index is 0.318. The Hall–Kier alpha value is -2.77. The molecule has 27 heavy (non-hydrogen) atoms. The van der Waals surface area contributed by atoms with Crippen LogP contribution in [0, 0.1) is 0 Å². The van der Waals surface area contributed by atoms with Gasteiger partial charge in [-0.05, 0) is 12.1 Å². The first-order valence-electron chi connectivity index (χ1n) is 7.91. The predicted octanol–water partition coefficient (Wildman–Crippen LogP) is 4.65. The van der Waals surface area contributed by atoms with E-state index in [1.54, 1.807) is 19.3 Å². The molecule has 3 rings (SSSR count). The average Bonchev–Trinajstić information content (AvgIpc) is 2.71. The van der Waals surface area contributed by atoms with Crippen molar-refractivity contribution in [2.75, 3.05) is 31.9 Å². The maximum atomic E-state index is 6.45. The molecule has 0 fully saturated rings. The Morgan fingerprint density at radius 3 is 2.30 bits per heavy atom. The Kier molecular flexibility index (Phi) is 5.83. The molecule has 0 saturated carbocycles. The van der Waals surface area contributed by atoms with Crippen molar-refractivity contribution in [3.05, 3.63) is 46.8 Å². The second-order valence-electron chi connectivity index (χ2n) is 5.35. The zero-order valence-electron chi connectivity index (χ0n) is 14.9. The summed E-state index contributed by atoms with van der Waals surface area (Å²) in [7, 11) is 4.83. The summed E-state index contributed by atoms with van der Waals surface area (Å²) in [6.45, 7) is 0. The number of ether oxygens (including phenoxy) is 2. The van der Waals surface area contributed by atoms with Crippen molar-refractivity contribution < 1.29 is 9.47 Å². The van der Waals surface area contributed by atoms with Gasteiger partial charge in [-0.3, -0.25) is 0 Å². The van der Waals surface area contributed by atoms with Gasteiger partial charge < -0.3 is 20.1 Å². The molecule has 2 N–H and O–H groups in total. The quantitative estimate of drug-likeness (QED) is 0.617. The van der Waals surface area contributed by atoms with E-state index in [2.05, 4.69) is 25.6 Å². The van der Waals surface area contributed by atoms with E-state index in [1.165, 1.54) is 20.5 Å². The number of halogens is 2. The van der Waals surface area contributed by atoms with Crippen LogP contribution in [0.15, 0.2) is 36.8 Å². The maximum absolute atomic E-state index is 6.45. The number of methoxy groups -OCH3 is 2. The van der Waals surface area contributed by atoms with Gasteiger partial charge >= 0.3 is 0 Å². The minimum atomic E-state index is 0.318. The van der Waals surface area contributed by atoms with Crippen molar-refractivity contribution >= 4 is 40.5 Å². The van der Waals surface area contributed by atoms with Crippen LogP contribution in [0.1, 0.15) is 0 Å². The highest BCUT2D eigenvalue weighted by Gasteiger charge is 2.19. The molecule has 0 aliphatic heterocycles. The number of nitrogens with zero attached hydrogens (tertiary/aromatic N) is 3. The van der Waals surface area contributed by atoms with E-state index in [-0.39, 0.29) is 0 Å². The van der Waals surface area contributed by atoms with Crippen LogP contribution in [0.3, 0.4) is 0 Å². The fourth-order valence-corrected chi connectivity index (χ4v) is 3.06. The van der Waals surface area contributed by atoms with Crippen molar-refractivity contribution in [3.8, 4) is 22.8 Å². The van der Waals surface area contributed by atoms with Gasteiger partial charge in [0.1, 0.15) is 39.5 Å². The van der Waals surface area contributed by atoms with Crippen LogP contribution in [0.4, 0.5) is 17.3 Å². The SMILES string of the molecule is CNc1cc(-c2cccnc2Nc2c(Cl)c(OC)cc(OC)c2Cl)ncn1. The van der Waals surface area contributed by atoms with Crippen LogP contribution in [0.2, 0.25) is 10.0 Å². The summed E-state index contributed by atoms with van der Waals surface area (Å²) in [5, 5.41) is 6.80. The first-order chi connectivity index (χ1) is 13.1. The molecule has 0 amide bonds. The van der Waals surface area contributed by atoms with E-state index in [1.807, 2.05) is 18.2 Å². The highest BCUT2D eigenvalue weighted by atomic mass is 35.5. The van der Waals surface area contributed by atoms with Crippen molar-refractivity contribution in [3.63, 3.8) is 0 Å². The monoisotopic (exact) mass is 405 g/mol. The molecule has 1 aromatic carbocycles. The van der Waals surface area contributed by atoms with Crippen LogP contribution in [-0.4, -0.2) is 36.2 Å². The van der Waals surface area contributed by atoms with Crippen LogP contribution in [0.5, 0.6) is 11.5 Å². The Morgan fingerprint density at radius 1 is 0.963 bits per heavy atom. The molecule has 0 unspecified atom stereocenters. The summed E-state index contributed by atoms with van der Waals surface area (Å²) in [5.74, 6) is 2.07. The number of hydrogen-bond donors (Lipinski definition) is 2. The standard InChI is InChI=1S/C18H17Cl2N5O2/c1-21-14-7-11(23-9-24-14)10-5-4-6-22-18(10)25-17-15(19)12(26-2)8-13(27-3)16(17)20/h4-9H,1-3H3,(H,22,25)(H,21,23,24). The number of benzene rings is 1. The molecule has 0 saturated heterocycles. The van der Waals surface area contributed by atoms with Gasteiger partial charge in [-0.2, -0.15) is 0 Å². The summed E-state index contributed by atoms with van der Waals surface area (Å²) >= 11 is 12.9. The molecular formula is C18H17Cl2N5O2. The zero-order valence-corrected chi connectivity index (χ0v) is 16.4. The smallest absolute Gasteiger partial charge is 0.143 e. The van der Waals surface area contributed by atoms with Crippen LogP contribution in [-0.2, 0) is 0 Å². The lowest BCUT2D eigenvalue weighted by atomic mass is 10.1.